The molecule has 0 saturated carbocycles. The molecular formula is C8H5N2O. The van der Waals surface area contributed by atoms with Crippen LogP contribution in [0.25, 0.3) is 10.9 Å². The van der Waals surface area contributed by atoms with E-state index in [1.54, 1.807) is 24.5 Å². The normalized spacial score (nSPS) is 10.2. The zero-order chi connectivity index (χ0) is 7.68. The van der Waals surface area contributed by atoms with Gasteiger partial charge in [-0.05, 0) is 12.1 Å². The van der Waals surface area contributed by atoms with Crippen LogP contribution < -0.4 is 0 Å². The van der Waals surface area contributed by atoms with E-state index in [1.807, 2.05) is 0 Å². The minimum atomic E-state index is -0.205. The largest absolute Gasteiger partial charge is 0.270 e. The van der Waals surface area contributed by atoms with Crippen molar-refractivity contribution in [1.82, 2.24) is 9.97 Å². The third-order valence-electron chi connectivity index (χ3n) is 1.46. The third kappa shape index (κ3) is 1.00. The molecule has 0 atom stereocenters. The van der Waals surface area contributed by atoms with E-state index in [2.05, 4.69) is 9.97 Å². The summed E-state index contributed by atoms with van der Waals surface area (Å²) in [6, 6.07) is 4.87. The fraction of sp³-hybridized carbons (Fsp3) is 0. The smallest absolute Gasteiger partial charge is 0.267 e. The van der Waals surface area contributed by atoms with E-state index >= 15 is 0 Å². The van der Waals surface area contributed by atoms with Crippen LogP contribution in [0.5, 0.6) is 5.88 Å². The van der Waals surface area contributed by atoms with Crippen molar-refractivity contribution in [3.8, 4) is 5.88 Å². The van der Waals surface area contributed by atoms with Crippen molar-refractivity contribution in [3.05, 3.63) is 30.6 Å². The van der Waals surface area contributed by atoms with Gasteiger partial charge in [-0.15, -0.1) is 0 Å². The summed E-state index contributed by atoms with van der Waals surface area (Å²) in [6.45, 7) is 0. The van der Waals surface area contributed by atoms with Crippen LogP contribution in [-0.2, 0) is 5.11 Å². The first-order chi connectivity index (χ1) is 5.36. The van der Waals surface area contributed by atoms with Gasteiger partial charge in [0.2, 0.25) is 0 Å². The van der Waals surface area contributed by atoms with Crippen molar-refractivity contribution in [1.29, 1.82) is 0 Å². The molecule has 2 rings (SSSR count). The molecular weight excluding hydrogens is 140 g/mol. The van der Waals surface area contributed by atoms with E-state index in [9.17, 15) is 5.11 Å². The van der Waals surface area contributed by atoms with Gasteiger partial charge in [-0.2, -0.15) is 0 Å². The fourth-order valence-corrected chi connectivity index (χ4v) is 0.947. The molecule has 0 bridgehead atoms. The molecule has 53 valence electrons. The van der Waals surface area contributed by atoms with E-state index in [0.29, 0.717) is 5.52 Å². The van der Waals surface area contributed by atoms with Crippen LogP contribution in [0.15, 0.2) is 30.6 Å². The zero-order valence-corrected chi connectivity index (χ0v) is 5.69. The molecule has 0 aliphatic carbocycles. The maximum atomic E-state index is 10.8. The molecule has 0 saturated heterocycles. The van der Waals surface area contributed by atoms with E-state index in [1.165, 1.54) is 6.07 Å². The molecule has 2 heterocycles. The molecule has 3 heteroatoms. The fourth-order valence-electron chi connectivity index (χ4n) is 0.947. The predicted molar refractivity (Wildman–Crippen MR) is 39.7 cm³/mol. The molecule has 3 nitrogen and oxygen atoms in total. The molecule has 2 aromatic heterocycles. The van der Waals surface area contributed by atoms with Crippen LogP contribution in [0.3, 0.4) is 0 Å². The summed E-state index contributed by atoms with van der Waals surface area (Å²) in [7, 11) is 0. The highest BCUT2D eigenvalue weighted by atomic mass is 16.3. The second-order valence-corrected chi connectivity index (χ2v) is 2.22. The monoisotopic (exact) mass is 145 g/mol. The average Bonchev–Trinajstić information content (AvgIpc) is 2.04. The molecule has 0 fully saturated rings. The summed E-state index contributed by atoms with van der Waals surface area (Å²) in [4.78, 5) is 7.68. The number of hydrogen-bond acceptors (Lipinski definition) is 2. The van der Waals surface area contributed by atoms with Gasteiger partial charge in [0.1, 0.15) is 0 Å². The lowest BCUT2D eigenvalue weighted by Crippen LogP contribution is -1.78. The lowest BCUT2D eigenvalue weighted by Gasteiger charge is -1.92. The second-order valence-electron chi connectivity index (χ2n) is 2.22. The van der Waals surface area contributed by atoms with Gasteiger partial charge in [0, 0.05) is 23.8 Å². The van der Waals surface area contributed by atoms with E-state index in [0.717, 1.165) is 5.39 Å². The van der Waals surface area contributed by atoms with Crippen LogP contribution in [0, 0.1) is 0 Å². The van der Waals surface area contributed by atoms with Crippen LogP contribution in [-0.4, -0.2) is 9.97 Å². The van der Waals surface area contributed by atoms with Crippen molar-refractivity contribution >= 4 is 10.9 Å². The number of nitrogens with zero attached hydrogens (tertiary/aromatic N) is 2. The van der Waals surface area contributed by atoms with Crippen molar-refractivity contribution in [3.63, 3.8) is 0 Å². The van der Waals surface area contributed by atoms with Crippen LogP contribution in [0.1, 0.15) is 0 Å². The minimum Gasteiger partial charge on any atom is -0.267 e. The van der Waals surface area contributed by atoms with Gasteiger partial charge in [0.15, 0.2) is 0 Å². The lowest BCUT2D eigenvalue weighted by atomic mass is 10.3. The number of hydrogen-bond donors (Lipinski definition) is 0. The number of rotatable bonds is 0. The first kappa shape index (κ1) is 6.09. The van der Waals surface area contributed by atoms with Crippen LogP contribution in [0.2, 0.25) is 0 Å². The van der Waals surface area contributed by atoms with Crippen molar-refractivity contribution < 1.29 is 5.11 Å². The van der Waals surface area contributed by atoms with Gasteiger partial charge in [-0.1, -0.05) is 0 Å². The molecule has 2 aromatic rings. The highest BCUT2D eigenvalue weighted by Gasteiger charge is 1.95. The Morgan fingerprint density at radius 3 is 3.00 bits per heavy atom. The number of pyridine rings is 2. The Hall–Kier alpha value is -1.64. The molecule has 0 aromatic carbocycles. The predicted octanol–water partition coefficient (Wildman–Crippen LogP) is 1.77. The summed E-state index contributed by atoms with van der Waals surface area (Å²) in [5.41, 5.74) is 0.701. The third-order valence-corrected chi connectivity index (χ3v) is 1.46. The molecule has 0 N–H and O–H groups in total. The Morgan fingerprint density at radius 1 is 1.18 bits per heavy atom. The maximum Gasteiger partial charge on any atom is 0.270 e. The quantitative estimate of drug-likeness (QED) is 0.567. The van der Waals surface area contributed by atoms with Crippen LogP contribution >= 0.6 is 0 Å². The van der Waals surface area contributed by atoms with Gasteiger partial charge in [-0.3, -0.25) is 10.1 Å². The zero-order valence-electron chi connectivity index (χ0n) is 5.69. The summed E-state index contributed by atoms with van der Waals surface area (Å²) in [5.74, 6) is -0.205. The van der Waals surface area contributed by atoms with Crippen LogP contribution in [0.4, 0.5) is 0 Å². The van der Waals surface area contributed by atoms with Gasteiger partial charge in [-0.25, -0.2) is 4.98 Å². The topological polar surface area (TPSA) is 45.7 Å². The Bertz CT molecular complexity index is 387. The van der Waals surface area contributed by atoms with Gasteiger partial charge in [0.25, 0.3) is 5.88 Å². The van der Waals surface area contributed by atoms with E-state index in [4.69, 9.17) is 0 Å². The molecule has 0 amide bonds. The van der Waals surface area contributed by atoms with Gasteiger partial charge >= 0.3 is 0 Å². The Morgan fingerprint density at radius 2 is 2.09 bits per heavy atom. The van der Waals surface area contributed by atoms with E-state index in [-0.39, 0.29) is 5.88 Å². The second kappa shape index (κ2) is 2.20. The minimum absolute atomic E-state index is 0.205. The highest BCUT2D eigenvalue weighted by molar-refractivity contribution is 5.77. The maximum absolute atomic E-state index is 10.8. The van der Waals surface area contributed by atoms with Crippen molar-refractivity contribution in [2.24, 2.45) is 0 Å². The Kier molecular flexibility index (Phi) is 1.22. The Balaban J connectivity index is 2.83. The number of aromatic nitrogens is 2. The molecule has 0 spiro atoms. The molecule has 0 aliphatic rings. The molecule has 0 unspecified atom stereocenters. The molecule has 1 radical (unpaired) electrons. The average molecular weight is 145 g/mol. The standard InChI is InChI=1S/C8H5N2O/c11-8-2-1-6-5-9-4-3-7(6)10-8/h1-5H. The highest BCUT2D eigenvalue weighted by Crippen LogP contribution is 2.13. The van der Waals surface area contributed by atoms with Gasteiger partial charge < -0.3 is 0 Å². The summed E-state index contributed by atoms with van der Waals surface area (Å²) < 4.78 is 0. The first-order valence-electron chi connectivity index (χ1n) is 3.24. The molecule has 11 heavy (non-hydrogen) atoms. The first-order valence-corrected chi connectivity index (χ1v) is 3.24. The summed E-state index contributed by atoms with van der Waals surface area (Å²) in [5, 5.41) is 11.6. The number of fused-ring (bicyclic) bond motifs is 1. The van der Waals surface area contributed by atoms with Gasteiger partial charge in [0.05, 0.1) is 5.52 Å². The van der Waals surface area contributed by atoms with Crippen molar-refractivity contribution in [2.75, 3.05) is 0 Å². The Labute approximate surface area is 63.3 Å². The SMILES string of the molecule is [O]c1ccc2cnccc2n1. The molecule has 0 aliphatic heterocycles. The lowest BCUT2D eigenvalue weighted by molar-refractivity contribution is 0.339. The summed E-state index contributed by atoms with van der Waals surface area (Å²) >= 11 is 0. The van der Waals surface area contributed by atoms with Crippen molar-refractivity contribution in [2.45, 2.75) is 0 Å². The van der Waals surface area contributed by atoms with E-state index < -0.39 is 0 Å². The summed E-state index contributed by atoms with van der Waals surface area (Å²) in [6.07, 6.45) is 3.30.